The van der Waals surface area contributed by atoms with E-state index in [2.05, 4.69) is 170 Å². The van der Waals surface area contributed by atoms with Crippen molar-refractivity contribution in [2.75, 3.05) is 0 Å². The van der Waals surface area contributed by atoms with Gasteiger partial charge in [-0.05, 0) is 252 Å². The van der Waals surface area contributed by atoms with E-state index in [1.54, 1.807) is 66.8 Å². The Bertz CT molecular complexity index is 2660. The second kappa shape index (κ2) is 26.3. The van der Waals surface area contributed by atoms with Crippen molar-refractivity contribution >= 4 is 45.3 Å². The molecule has 0 aromatic heterocycles. The van der Waals surface area contributed by atoms with Gasteiger partial charge in [0.15, 0.2) is 0 Å². The quantitative estimate of drug-likeness (QED) is 0.116. The average Bonchev–Trinajstić information content (AvgIpc) is 3.77. The normalized spacial score (nSPS) is 30.0. The van der Waals surface area contributed by atoms with E-state index in [1.165, 1.54) is 141 Å². The van der Waals surface area contributed by atoms with Crippen LogP contribution in [0, 0.1) is 72.0 Å². The van der Waals surface area contributed by atoms with Crippen LogP contribution in [0.25, 0.3) is 12.2 Å². The third-order valence-electron chi connectivity index (χ3n) is 27.2. The van der Waals surface area contributed by atoms with Crippen molar-refractivity contribution in [2.45, 2.75) is 273 Å². The number of allylic oxidation sites excluding steroid dienone is 10. The number of hydrogen-bond donors (Lipinski definition) is 0. The number of rotatable bonds is 16. The van der Waals surface area contributed by atoms with Gasteiger partial charge in [0.25, 0.3) is 0 Å². The molecule has 0 N–H and O–H groups in total. The van der Waals surface area contributed by atoms with E-state index in [4.69, 9.17) is 17.0 Å². The molecule has 0 spiro atoms. The summed E-state index contributed by atoms with van der Waals surface area (Å²) < 4.78 is 0. The van der Waals surface area contributed by atoms with Gasteiger partial charge in [0, 0.05) is 11.1 Å². The van der Waals surface area contributed by atoms with E-state index < -0.39 is 37.0 Å². The second-order valence-electron chi connectivity index (χ2n) is 30.4. The van der Waals surface area contributed by atoms with E-state index in [0.29, 0.717) is 32.7 Å². The van der Waals surface area contributed by atoms with Crippen LogP contribution in [0.3, 0.4) is 0 Å². The van der Waals surface area contributed by atoms with Gasteiger partial charge in [-0.25, -0.2) is 0 Å². The predicted molar refractivity (Wildman–Crippen MR) is 370 cm³/mol. The first kappa shape index (κ1) is 67.7. The summed E-state index contributed by atoms with van der Waals surface area (Å²) in [6, 6.07) is 10.3. The predicted octanol–water partition coefficient (Wildman–Crippen LogP) is 24.7. The van der Waals surface area contributed by atoms with Gasteiger partial charge >= 0.3 is 37.9 Å². The van der Waals surface area contributed by atoms with E-state index in [9.17, 15) is 0 Å². The first-order valence-electron chi connectivity index (χ1n) is 34.3. The summed E-state index contributed by atoms with van der Waals surface area (Å²) in [7, 11) is 6.49. The van der Waals surface area contributed by atoms with Gasteiger partial charge in [-0.15, -0.1) is 0 Å². The van der Waals surface area contributed by atoms with Crippen molar-refractivity contribution in [2.24, 2.45) is 57.2 Å². The zero-order valence-corrected chi connectivity index (χ0v) is 62.3. The fraction of sp³-hybridized carbons (Fsp3) is 0.667. The Labute approximate surface area is 533 Å². The van der Waals surface area contributed by atoms with Crippen molar-refractivity contribution in [3.63, 3.8) is 0 Å². The summed E-state index contributed by atoms with van der Waals surface area (Å²) in [4.78, 5) is 0. The fourth-order valence-corrected chi connectivity index (χ4v) is 33.1. The molecule has 0 heterocycles. The molecule has 83 heavy (non-hydrogen) atoms. The Hall–Kier alpha value is -1.22. The van der Waals surface area contributed by atoms with Crippen molar-refractivity contribution in [3.05, 3.63) is 141 Å². The molecule has 0 amide bonds. The maximum atomic E-state index is 4.93. The van der Waals surface area contributed by atoms with Crippen LogP contribution >= 0.6 is 17.0 Å². The summed E-state index contributed by atoms with van der Waals surface area (Å²) in [5.74, 6) is 5.27. The number of halogens is 2. The molecule has 0 nitrogen and oxygen atoms in total. The van der Waals surface area contributed by atoms with Gasteiger partial charge in [0.2, 0.25) is 0 Å². The Morgan fingerprint density at radius 2 is 0.795 bits per heavy atom. The van der Waals surface area contributed by atoms with Crippen LogP contribution < -0.4 is 0 Å². The van der Waals surface area contributed by atoms with Crippen molar-refractivity contribution in [1.29, 1.82) is 0 Å². The van der Waals surface area contributed by atoms with Crippen molar-refractivity contribution in [3.8, 4) is 0 Å². The molecule has 5 heteroatoms. The summed E-state index contributed by atoms with van der Waals surface area (Å²) in [6.07, 6.45) is 45.7. The van der Waals surface area contributed by atoms with E-state index in [1.807, 2.05) is 11.1 Å². The molecule has 0 radical (unpaired) electrons. The minimum atomic E-state index is -1.81. The van der Waals surface area contributed by atoms with Gasteiger partial charge < -0.3 is 14.9 Å². The van der Waals surface area contributed by atoms with Crippen LogP contribution in [0.15, 0.2) is 82.0 Å². The molecule has 456 valence electrons. The molecule has 12 rings (SSSR count). The van der Waals surface area contributed by atoms with Gasteiger partial charge in [-0.3, -0.25) is 0 Å². The maximum absolute atomic E-state index is 4.93. The van der Waals surface area contributed by atoms with Gasteiger partial charge in [0.1, 0.15) is 0 Å². The van der Waals surface area contributed by atoms with Crippen LogP contribution in [0.4, 0.5) is 0 Å². The SMILES string of the molecule is CCC1=Cc2c(ccc3c2CC(CC)(CC)C3)C1[Si](C)(C)C1C(CC)=Cc2c1ccc1c2CC(CC)(CC)C1.CCC1CC2C3=C(C=CC2C1[Si](C)(C)C1C(CC)CC2C4=C(C=CC21)CC(CC)(CC)C4)CC(CC)(CC)C3.[CH3-].[CH3-].[Cl][Zr+2][Cl]. The summed E-state index contributed by atoms with van der Waals surface area (Å²) >= 11 is -0.826. The van der Waals surface area contributed by atoms with E-state index >= 15 is 0 Å². The molecule has 10 aliphatic carbocycles. The van der Waals surface area contributed by atoms with Crippen LogP contribution in [0.1, 0.15) is 254 Å². The minimum absolute atomic E-state index is 0. The Morgan fingerprint density at radius 1 is 0.458 bits per heavy atom. The molecule has 2 aromatic carbocycles. The van der Waals surface area contributed by atoms with Crippen LogP contribution in [0.5, 0.6) is 0 Å². The molecule has 2 saturated carbocycles. The van der Waals surface area contributed by atoms with Gasteiger partial charge in [0.05, 0.1) is 16.1 Å². The third-order valence-corrected chi connectivity index (χ3v) is 36.7. The molecular formula is C78H118Cl2Si2Zr. The van der Waals surface area contributed by atoms with Crippen LogP contribution in [0.2, 0.25) is 37.3 Å². The molecule has 2 aromatic rings. The first-order valence-corrected chi connectivity index (χ1v) is 46.9. The summed E-state index contributed by atoms with van der Waals surface area (Å²) in [5, 5.41) is 0. The molecule has 2 fully saturated rings. The number of hydrogen-bond acceptors (Lipinski definition) is 0. The fourth-order valence-electron chi connectivity index (χ4n) is 21.8. The molecule has 0 bridgehead atoms. The van der Waals surface area contributed by atoms with Crippen molar-refractivity contribution in [1.82, 2.24) is 0 Å². The van der Waals surface area contributed by atoms with Crippen molar-refractivity contribution < 1.29 is 20.8 Å². The second-order valence-corrected chi connectivity index (χ2v) is 43.9. The van der Waals surface area contributed by atoms with E-state index in [-0.39, 0.29) is 14.9 Å². The Balaban J connectivity index is 0.000000202. The van der Waals surface area contributed by atoms with Gasteiger partial charge in [-0.2, -0.15) is 0 Å². The molecular weight excluding hydrogens is 1160 g/mol. The number of benzene rings is 2. The zero-order chi connectivity index (χ0) is 58.2. The summed E-state index contributed by atoms with van der Waals surface area (Å²) in [5.41, 5.74) is 29.5. The standard InChI is InChI=1S/C38H60Si.C38H52Si.2CH3.2ClH.Zr/c2*1-9-25-19-31-29(17-15-27-21-37(11-3,12-4)23-33(27)31)35(25)39(7,8)36-26(10-2)20-32-30(36)18-16-28-22-38(13-5,14-6)24-34(28)32;;;;;/h15-18,25-26,29-32,35-36H,9-14,19-24H2,1-8H3;15-20,35-36H,9-14,21-24H2,1-8H3;2*1H3;2*1H;/q;;2*-1;;;+4/p-2. The Kier molecular flexibility index (Phi) is 21.5. The van der Waals surface area contributed by atoms with E-state index in [0.717, 1.165) is 46.6 Å². The Morgan fingerprint density at radius 3 is 1.11 bits per heavy atom. The molecule has 10 atom stereocenters. The average molecular weight is 1270 g/mol. The molecule has 10 aliphatic rings. The van der Waals surface area contributed by atoms with Crippen LogP contribution in [-0.2, 0) is 46.5 Å². The zero-order valence-electron chi connectivity index (χ0n) is 56.4. The molecule has 10 unspecified atom stereocenters. The topological polar surface area (TPSA) is 0 Å². The monoisotopic (exact) mass is 1270 g/mol. The van der Waals surface area contributed by atoms with Gasteiger partial charge in [-0.1, -0.05) is 205 Å². The third kappa shape index (κ3) is 11.3. The number of fused-ring (bicyclic) bond motifs is 10. The first-order chi connectivity index (χ1) is 38.8. The van der Waals surface area contributed by atoms with Crippen LogP contribution in [-0.4, -0.2) is 16.1 Å². The molecule has 0 saturated heterocycles. The molecule has 0 aliphatic heterocycles. The summed E-state index contributed by atoms with van der Waals surface area (Å²) in [6.45, 7) is 40.7.